The molecular formula is C21H19N3O3S. The Balaban J connectivity index is 1.70. The molecule has 0 fully saturated rings. The molecule has 6 nitrogen and oxygen atoms in total. The van der Waals surface area contributed by atoms with Crippen molar-refractivity contribution in [1.82, 2.24) is 0 Å². The SMILES string of the molecule is CN(C)c1ccc(C(=O)OCC(=O)/C(C#N)=C2\Sc3ccccc3N2C)cc1. The van der Waals surface area contributed by atoms with Crippen LogP contribution >= 0.6 is 11.8 Å². The lowest BCUT2D eigenvalue weighted by molar-refractivity contribution is -0.118. The monoisotopic (exact) mass is 393 g/mol. The van der Waals surface area contributed by atoms with Crippen molar-refractivity contribution in [3.05, 3.63) is 64.7 Å². The Kier molecular flexibility index (Phi) is 5.71. The molecule has 0 unspecified atom stereocenters. The zero-order chi connectivity index (χ0) is 20.3. The van der Waals surface area contributed by atoms with Crippen LogP contribution in [0.5, 0.6) is 0 Å². The summed E-state index contributed by atoms with van der Waals surface area (Å²) in [6.07, 6.45) is 0. The van der Waals surface area contributed by atoms with E-state index in [1.807, 2.05) is 49.3 Å². The number of para-hydroxylation sites is 1. The number of benzene rings is 2. The van der Waals surface area contributed by atoms with Crippen LogP contribution in [0, 0.1) is 11.3 Å². The van der Waals surface area contributed by atoms with Crippen molar-refractivity contribution in [3.63, 3.8) is 0 Å². The molecule has 3 rings (SSSR count). The Labute approximate surface area is 168 Å². The molecule has 2 aromatic rings. The molecule has 0 bridgehead atoms. The van der Waals surface area contributed by atoms with E-state index in [1.165, 1.54) is 11.8 Å². The van der Waals surface area contributed by atoms with Crippen molar-refractivity contribution >= 4 is 34.9 Å². The number of fused-ring (bicyclic) bond motifs is 1. The quantitative estimate of drug-likeness (QED) is 0.437. The Bertz CT molecular complexity index is 991. The molecule has 0 atom stereocenters. The molecule has 7 heteroatoms. The molecular weight excluding hydrogens is 374 g/mol. The first-order chi connectivity index (χ1) is 13.4. The number of ether oxygens (including phenoxy) is 1. The molecule has 1 aliphatic heterocycles. The van der Waals surface area contributed by atoms with Crippen molar-refractivity contribution in [2.24, 2.45) is 0 Å². The lowest BCUT2D eigenvalue weighted by atomic mass is 10.2. The van der Waals surface area contributed by atoms with E-state index in [1.54, 1.807) is 36.2 Å². The summed E-state index contributed by atoms with van der Waals surface area (Å²) in [6.45, 7) is -0.481. The fourth-order valence-electron chi connectivity index (χ4n) is 2.73. The van der Waals surface area contributed by atoms with Gasteiger partial charge in [-0.1, -0.05) is 23.9 Å². The van der Waals surface area contributed by atoms with Gasteiger partial charge in [-0.2, -0.15) is 5.26 Å². The van der Waals surface area contributed by atoms with Crippen molar-refractivity contribution in [3.8, 4) is 6.07 Å². The highest BCUT2D eigenvalue weighted by atomic mass is 32.2. The maximum Gasteiger partial charge on any atom is 0.338 e. The number of anilines is 2. The average molecular weight is 393 g/mol. The third-order valence-corrected chi connectivity index (χ3v) is 5.53. The van der Waals surface area contributed by atoms with Crippen LogP contribution in [-0.2, 0) is 9.53 Å². The molecule has 0 amide bonds. The maximum atomic E-state index is 12.5. The number of carbonyl (C=O) groups excluding carboxylic acids is 2. The van der Waals surface area contributed by atoms with Gasteiger partial charge in [-0.05, 0) is 36.4 Å². The second kappa shape index (κ2) is 8.19. The van der Waals surface area contributed by atoms with Gasteiger partial charge in [0, 0.05) is 31.7 Å². The van der Waals surface area contributed by atoms with Crippen LogP contribution in [0.1, 0.15) is 10.4 Å². The van der Waals surface area contributed by atoms with E-state index in [2.05, 4.69) is 0 Å². The molecule has 1 aliphatic rings. The number of rotatable bonds is 5. The minimum atomic E-state index is -0.600. The lowest BCUT2D eigenvalue weighted by Gasteiger charge is -2.15. The number of ketones is 1. The number of thioether (sulfide) groups is 1. The summed E-state index contributed by atoms with van der Waals surface area (Å²) in [6, 6.07) is 16.5. The Morgan fingerprint density at radius 2 is 1.82 bits per heavy atom. The van der Waals surface area contributed by atoms with Crippen LogP contribution in [0.2, 0.25) is 0 Å². The molecule has 0 N–H and O–H groups in total. The largest absolute Gasteiger partial charge is 0.454 e. The number of nitrogens with zero attached hydrogens (tertiary/aromatic N) is 3. The van der Waals surface area contributed by atoms with Crippen LogP contribution in [-0.4, -0.2) is 39.5 Å². The molecule has 2 aromatic carbocycles. The summed E-state index contributed by atoms with van der Waals surface area (Å²) >= 11 is 1.36. The van der Waals surface area contributed by atoms with Gasteiger partial charge in [0.1, 0.15) is 16.7 Å². The van der Waals surface area contributed by atoms with Crippen LogP contribution in [0.15, 0.2) is 64.0 Å². The predicted octanol–water partition coefficient (Wildman–Crippen LogP) is 3.46. The fraction of sp³-hybridized carbons (Fsp3) is 0.190. The lowest BCUT2D eigenvalue weighted by Crippen LogP contribution is -2.20. The second-order valence-electron chi connectivity index (χ2n) is 6.36. The second-order valence-corrected chi connectivity index (χ2v) is 7.39. The minimum absolute atomic E-state index is 0.0144. The summed E-state index contributed by atoms with van der Waals surface area (Å²) in [5.41, 5.74) is 2.22. The van der Waals surface area contributed by atoms with E-state index in [0.717, 1.165) is 16.3 Å². The number of hydrogen-bond acceptors (Lipinski definition) is 7. The smallest absolute Gasteiger partial charge is 0.338 e. The van der Waals surface area contributed by atoms with Gasteiger partial charge in [0.15, 0.2) is 6.61 Å². The molecule has 0 radical (unpaired) electrons. The van der Waals surface area contributed by atoms with Crippen molar-refractivity contribution < 1.29 is 14.3 Å². The van der Waals surface area contributed by atoms with E-state index >= 15 is 0 Å². The highest BCUT2D eigenvalue weighted by Gasteiger charge is 2.28. The third-order valence-electron chi connectivity index (χ3n) is 4.30. The summed E-state index contributed by atoms with van der Waals surface area (Å²) in [4.78, 5) is 29.4. The van der Waals surface area contributed by atoms with Crippen LogP contribution in [0.25, 0.3) is 0 Å². The van der Waals surface area contributed by atoms with Crippen molar-refractivity contribution in [2.75, 3.05) is 37.5 Å². The topological polar surface area (TPSA) is 73.6 Å². The zero-order valence-electron chi connectivity index (χ0n) is 15.8. The first kappa shape index (κ1) is 19.5. The molecule has 1 heterocycles. The summed E-state index contributed by atoms with van der Waals surface area (Å²) < 4.78 is 5.13. The zero-order valence-corrected chi connectivity index (χ0v) is 16.6. The highest BCUT2D eigenvalue weighted by Crippen LogP contribution is 2.46. The van der Waals surface area contributed by atoms with E-state index in [-0.39, 0.29) is 5.57 Å². The number of carbonyl (C=O) groups is 2. The molecule has 142 valence electrons. The van der Waals surface area contributed by atoms with Gasteiger partial charge >= 0.3 is 5.97 Å². The Morgan fingerprint density at radius 1 is 1.14 bits per heavy atom. The van der Waals surface area contributed by atoms with Crippen molar-refractivity contribution in [2.45, 2.75) is 4.90 Å². The van der Waals surface area contributed by atoms with Crippen LogP contribution < -0.4 is 9.80 Å². The molecule has 0 saturated heterocycles. The first-order valence-electron chi connectivity index (χ1n) is 8.55. The summed E-state index contributed by atoms with van der Waals surface area (Å²) in [7, 11) is 5.61. The number of nitriles is 1. The van der Waals surface area contributed by atoms with Gasteiger partial charge in [0.05, 0.1) is 11.3 Å². The molecule has 0 aromatic heterocycles. The Morgan fingerprint density at radius 3 is 2.43 bits per heavy atom. The number of hydrogen-bond donors (Lipinski definition) is 0. The molecule has 0 saturated carbocycles. The minimum Gasteiger partial charge on any atom is -0.454 e. The van der Waals surface area contributed by atoms with Gasteiger partial charge < -0.3 is 14.5 Å². The Hall–Kier alpha value is -3.24. The molecule has 0 aliphatic carbocycles. The van der Waals surface area contributed by atoms with E-state index in [9.17, 15) is 14.9 Å². The first-order valence-corrected chi connectivity index (χ1v) is 9.36. The average Bonchev–Trinajstić information content (AvgIpc) is 3.03. The van der Waals surface area contributed by atoms with E-state index < -0.39 is 18.4 Å². The van der Waals surface area contributed by atoms with Crippen LogP contribution in [0.3, 0.4) is 0 Å². The number of Topliss-reactive ketones (excluding diaryl/α,β-unsaturated/α-hetero) is 1. The highest BCUT2D eigenvalue weighted by molar-refractivity contribution is 8.03. The third kappa shape index (κ3) is 3.87. The van der Waals surface area contributed by atoms with Gasteiger partial charge in [-0.15, -0.1) is 0 Å². The van der Waals surface area contributed by atoms with Gasteiger partial charge in [0.2, 0.25) is 5.78 Å². The van der Waals surface area contributed by atoms with Gasteiger partial charge in [0.25, 0.3) is 0 Å². The summed E-state index contributed by atoms with van der Waals surface area (Å²) in [5.74, 6) is -1.13. The van der Waals surface area contributed by atoms with Crippen molar-refractivity contribution in [1.29, 1.82) is 5.26 Å². The van der Waals surface area contributed by atoms with E-state index in [4.69, 9.17) is 4.74 Å². The van der Waals surface area contributed by atoms with Gasteiger partial charge in [-0.25, -0.2) is 4.79 Å². The number of esters is 1. The summed E-state index contributed by atoms with van der Waals surface area (Å²) in [5, 5.41) is 10.0. The maximum absolute atomic E-state index is 12.5. The normalized spacial score (nSPS) is 14.1. The van der Waals surface area contributed by atoms with Gasteiger partial charge in [-0.3, -0.25) is 4.79 Å². The molecule has 28 heavy (non-hydrogen) atoms. The van der Waals surface area contributed by atoms with E-state index in [0.29, 0.717) is 10.6 Å². The standard InChI is InChI=1S/C21H19N3O3S/c1-23(2)15-10-8-14(9-11-15)21(26)27-13-18(25)16(12-22)20-24(3)17-6-4-5-7-19(17)28-20/h4-11H,13H2,1-3H3/b20-16-. The molecule has 0 spiro atoms. The van der Waals surface area contributed by atoms with Crippen LogP contribution in [0.4, 0.5) is 11.4 Å². The fourth-order valence-corrected chi connectivity index (χ4v) is 3.89. The predicted molar refractivity (Wildman–Crippen MR) is 109 cm³/mol.